The molecule has 2 bridgehead atoms. The third-order valence-electron chi connectivity index (χ3n) is 11.4. The highest BCUT2D eigenvalue weighted by Gasteiger charge is 2.82. The predicted octanol–water partition coefficient (Wildman–Crippen LogP) is 3.00. The molecular weight excluding hydrogens is 454 g/mol. The Morgan fingerprint density at radius 2 is 1.89 bits per heavy atom. The summed E-state index contributed by atoms with van der Waals surface area (Å²) in [5.41, 5.74) is -1.10. The highest BCUT2D eigenvalue weighted by atomic mass is 16.5. The number of amides is 2. The monoisotopic (exact) mass is 491 g/mol. The smallest absolute Gasteiger partial charge is 0.246 e. The first-order chi connectivity index (χ1) is 16.7. The first kappa shape index (κ1) is 22.8. The second kappa shape index (κ2) is 6.18. The fourth-order valence-electron chi connectivity index (χ4n) is 9.42. The van der Waals surface area contributed by atoms with Crippen molar-refractivity contribution in [3.63, 3.8) is 0 Å². The predicted molar refractivity (Wildman–Crippen MR) is 136 cm³/mol. The van der Waals surface area contributed by atoms with Crippen molar-refractivity contribution in [2.45, 2.75) is 88.0 Å². The number of nitrogens with zero attached hydrogens (tertiary/aromatic N) is 2. The fourth-order valence-corrected chi connectivity index (χ4v) is 9.42. The van der Waals surface area contributed by atoms with Gasteiger partial charge in [0.1, 0.15) is 16.9 Å². The van der Waals surface area contributed by atoms with Crippen molar-refractivity contribution < 1.29 is 19.4 Å². The maximum absolute atomic E-state index is 14.2. The molecule has 6 heterocycles. The first-order valence-corrected chi connectivity index (χ1v) is 13.3. The van der Waals surface area contributed by atoms with Gasteiger partial charge < -0.3 is 20.1 Å². The zero-order chi connectivity index (χ0) is 25.7. The van der Waals surface area contributed by atoms with E-state index < -0.39 is 33.1 Å². The molecule has 1 aromatic rings. The Morgan fingerprint density at radius 1 is 1.14 bits per heavy atom. The third-order valence-corrected chi connectivity index (χ3v) is 11.4. The number of likely N-dealkylation sites (N-methyl/N-ethyl adjacent to an activating group) is 1. The van der Waals surface area contributed by atoms with Gasteiger partial charge in [0.15, 0.2) is 0 Å². The summed E-state index contributed by atoms with van der Waals surface area (Å²) in [7, 11) is 1.91. The minimum absolute atomic E-state index is 0.0154. The Labute approximate surface area is 212 Å². The standard InChI is InChI=1S/C29H37N3O4/c1-24(2)11-7-8-17-19(36-24)10-9-18-21(17)30-22(33)28(18)15-27-16-32-13-12-26(5,35)29(32,23(34)31(27)6)14-20(27)25(28,3)4/h7,9-11,20,35H,8,12-16H2,1-6H3,(H,30,33)/t20-,26-,27-,28-,29+/m1/s1. The van der Waals surface area contributed by atoms with E-state index in [9.17, 15) is 14.7 Å². The van der Waals surface area contributed by atoms with Crippen molar-refractivity contribution in [3.8, 4) is 5.75 Å². The van der Waals surface area contributed by atoms with Gasteiger partial charge in [-0.1, -0.05) is 26.0 Å². The molecule has 36 heavy (non-hydrogen) atoms. The first-order valence-electron chi connectivity index (χ1n) is 13.3. The van der Waals surface area contributed by atoms with Crippen LogP contribution in [0.15, 0.2) is 24.3 Å². The van der Waals surface area contributed by atoms with Crippen molar-refractivity contribution in [2.75, 3.05) is 25.5 Å². The number of ether oxygens (including phenoxy) is 1. The van der Waals surface area contributed by atoms with Crippen LogP contribution >= 0.6 is 0 Å². The number of hydrogen-bond donors (Lipinski definition) is 2. The summed E-state index contributed by atoms with van der Waals surface area (Å²) in [4.78, 5) is 32.4. The van der Waals surface area contributed by atoms with Gasteiger partial charge in [0.25, 0.3) is 0 Å². The van der Waals surface area contributed by atoms with Gasteiger partial charge in [0.2, 0.25) is 11.8 Å². The van der Waals surface area contributed by atoms with Gasteiger partial charge in [0.05, 0.1) is 22.2 Å². The minimum Gasteiger partial charge on any atom is -0.483 e. The Hall–Kier alpha value is -2.38. The zero-order valence-corrected chi connectivity index (χ0v) is 22.2. The zero-order valence-electron chi connectivity index (χ0n) is 22.2. The van der Waals surface area contributed by atoms with Crippen LogP contribution in [0.25, 0.3) is 0 Å². The van der Waals surface area contributed by atoms with Crippen LogP contribution in [-0.2, 0) is 21.4 Å². The number of anilines is 1. The lowest BCUT2D eigenvalue weighted by molar-refractivity contribution is -0.206. The normalized spacial score (nSPS) is 43.1. The summed E-state index contributed by atoms with van der Waals surface area (Å²) in [6.07, 6.45) is 6.69. The van der Waals surface area contributed by atoms with E-state index in [1.54, 1.807) is 0 Å². The lowest BCUT2D eigenvalue weighted by Gasteiger charge is -2.65. The Bertz CT molecular complexity index is 1280. The van der Waals surface area contributed by atoms with Crippen LogP contribution in [0.3, 0.4) is 0 Å². The maximum Gasteiger partial charge on any atom is 0.246 e. The Kier molecular flexibility index (Phi) is 3.91. The second-order valence-electron chi connectivity index (χ2n) is 13.6. The topological polar surface area (TPSA) is 82.1 Å². The van der Waals surface area contributed by atoms with Gasteiger partial charge in [-0.25, -0.2) is 0 Å². The molecule has 3 spiro atoms. The molecule has 192 valence electrons. The number of aliphatic hydroxyl groups is 1. The average Bonchev–Trinajstić information content (AvgIpc) is 3.25. The number of benzene rings is 1. The molecular formula is C29H37N3O4. The van der Waals surface area contributed by atoms with Crippen LogP contribution in [-0.4, -0.2) is 69.1 Å². The van der Waals surface area contributed by atoms with E-state index in [1.165, 1.54) is 0 Å². The van der Waals surface area contributed by atoms with E-state index in [0.717, 1.165) is 22.6 Å². The summed E-state index contributed by atoms with van der Waals surface area (Å²) in [6.45, 7) is 11.8. The summed E-state index contributed by atoms with van der Waals surface area (Å²) in [5.74, 6) is 0.943. The number of nitrogens with one attached hydrogen (secondary N) is 1. The van der Waals surface area contributed by atoms with Gasteiger partial charge in [-0.3, -0.25) is 14.5 Å². The summed E-state index contributed by atoms with van der Waals surface area (Å²) >= 11 is 0. The van der Waals surface area contributed by atoms with E-state index in [2.05, 4.69) is 42.3 Å². The van der Waals surface area contributed by atoms with Gasteiger partial charge in [-0.05, 0) is 75.5 Å². The number of hydrogen-bond acceptors (Lipinski definition) is 5. The molecule has 6 aliphatic heterocycles. The Balaban J connectivity index is 1.42. The highest BCUT2D eigenvalue weighted by Crippen LogP contribution is 2.72. The minimum atomic E-state index is -1.08. The van der Waals surface area contributed by atoms with E-state index in [-0.39, 0.29) is 17.7 Å². The number of carbonyl (C=O) groups excluding carboxylic acids is 2. The van der Waals surface area contributed by atoms with Gasteiger partial charge in [0, 0.05) is 25.7 Å². The number of piperidine rings is 2. The molecule has 7 nitrogen and oxygen atoms in total. The summed E-state index contributed by atoms with van der Waals surface area (Å²) in [5, 5.41) is 14.8. The molecule has 5 atom stereocenters. The maximum atomic E-state index is 14.2. The number of rotatable bonds is 0. The van der Waals surface area contributed by atoms with E-state index >= 15 is 0 Å². The van der Waals surface area contributed by atoms with Gasteiger partial charge >= 0.3 is 0 Å². The van der Waals surface area contributed by atoms with Crippen LogP contribution < -0.4 is 10.1 Å². The molecule has 2 amide bonds. The molecule has 0 aromatic heterocycles. The summed E-state index contributed by atoms with van der Waals surface area (Å²) < 4.78 is 6.33. The molecule has 1 saturated carbocycles. The molecule has 1 aliphatic carbocycles. The highest BCUT2D eigenvalue weighted by molar-refractivity contribution is 6.09. The Morgan fingerprint density at radius 3 is 2.64 bits per heavy atom. The van der Waals surface area contributed by atoms with Crippen LogP contribution in [0.2, 0.25) is 0 Å². The van der Waals surface area contributed by atoms with Crippen molar-refractivity contribution in [3.05, 3.63) is 35.4 Å². The lowest BCUT2D eigenvalue weighted by Crippen LogP contribution is -2.82. The number of carbonyl (C=O) groups is 2. The number of fused-ring (bicyclic) bond motifs is 5. The molecule has 0 unspecified atom stereocenters. The molecule has 7 heteroatoms. The van der Waals surface area contributed by atoms with Crippen LogP contribution in [0, 0.1) is 11.3 Å². The molecule has 2 N–H and O–H groups in total. The average molecular weight is 492 g/mol. The molecule has 5 fully saturated rings. The van der Waals surface area contributed by atoms with Crippen LogP contribution in [0.5, 0.6) is 5.75 Å². The summed E-state index contributed by atoms with van der Waals surface area (Å²) in [6, 6.07) is 4.13. The molecule has 4 saturated heterocycles. The second-order valence-corrected chi connectivity index (χ2v) is 13.6. The van der Waals surface area contributed by atoms with Crippen LogP contribution in [0.1, 0.15) is 65.0 Å². The van der Waals surface area contributed by atoms with Crippen molar-refractivity contribution in [1.82, 2.24) is 9.80 Å². The van der Waals surface area contributed by atoms with Crippen molar-refractivity contribution >= 4 is 17.5 Å². The molecule has 7 aliphatic rings. The lowest BCUT2D eigenvalue weighted by atomic mass is 9.55. The van der Waals surface area contributed by atoms with Gasteiger partial charge in [-0.2, -0.15) is 0 Å². The van der Waals surface area contributed by atoms with Crippen LogP contribution in [0.4, 0.5) is 5.69 Å². The quantitative estimate of drug-likeness (QED) is 0.546. The van der Waals surface area contributed by atoms with E-state index in [1.807, 2.05) is 38.8 Å². The fraction of sp³-hybridized carbons (Fsp3) is 0.655. The molecule has 0 radical (unpaired) electrons. The number of allylic oxidation sites excluding steroid dienone is 1. The third kappa shape index (κ3) is 2.18. The van der Waals surface area contributed by atoms with Crippen molar-refractivity contribution in [1.29, 1.82) is 0 Å². The molecule has 8 rings (SSSR count). The SMILES string of the molecule is CN1C(=O)[C@]23C[C@@H]4C(C)(C)[C@@]5(C[C@@]41CN2CC[C@@]3(C)O)C(=O)Nc1c5ccc2c1CC=CC(C)(C)O2. The van der Waals surface area contributed by atoms with Gasteiger partial charge in [-0.15, -0.1) is 0 Å². The van der Waals surface area contributed by atoms with Crippen molar-refractivity contribution in [2.24, 2.45) is 11.3 Å². The largest absolute Gasteiger partial charge is 0.483 e. The van der Waals surface area contributed by atoms with E-state index in [4.69, 9.17) is 4.74 Å². The number of piperazine rings is 1. The van der Waals surface area contributed by atoms with E-state index in [0.29, 0.717) is 38.8 Å². The molecule has 1 aromatic carbocycles.